The number of halogens is 3. The van der Waals surface area contributed by atoms with Gasteiger partial charge in [0, 0.05) is 5.33 Å². The number of aromatic hydroxyl groups is 1. The fourth-order valence-electron chi connectivity index (χ4n) is 0.862. The average Bonchev–Trinajstić information content (AvgIpc) is 2.10. The van der Waals surface area contributed by atoms with Crippen LogP contribution < -0.4 is 0 Å². The highest BCUT2D eigenvalue weighted by molar-refractivity contribution is 9.09. The van der Waals surface area contributed by atoms with E-state index < -0.39 is 0 Å². The summed E-state index contributed by atoms with van der Waals surface area (Å²) < 4.78 is 0. The lowest BCUT2D eigenvalue weighted by atomic mass is 10.2. The van der Waals surface area contributed by atoms with Crippen LogP contribution in [0, 0.1) is 0 Å². The molecule has 0 aliphatic heterocycles. The molecule has 0 saturated heterocycles. The average molecular weight is 282 g/mol. The van der Waals surface area contributed by atoms with E-state index in [1.165, 1.54) is 0 Å². The van der Waals surface area contributed by atoms with Crippen molar-refractivity contribution in [1.82, 2.24) is 0 Å². The molecule has 0 bridgehead atoms. The lowest BCUT2D eigenvalue weighted by molar-refractivity contribution is 0.476. The molecular formula is C9H7BrCl2O. The number of benzene rings is 1. The number of rotatable bonds is 2. The van der Waals surface area contributed by atoms with E-state index in [2.05, 4.69) is 15.9 Å². The van der Waals surface area contributed by atoms with Gasteiger partial charge in [-0.3, -0.25) is 0 Å². The molecule has 4 heteroatoms. The van der Waals surface area contributed by atoms with Gasteiger partial charge in [-0.25, -0.2) is 0 Å². The molecule has 0 radical (unpaired) electrons. The van der Waals surface area contributed by atoms with Gasteiger partial charge < -0.3 is 5.11 Å². The minimum Gasteiger partial charge on any atom is -0.505 e. The summed E-state index contributed by atoms with van der Waals surface area (Å²) in [5, 5.41) is 10.6. The Kier molecular flexibility index (Phi) is 4.10. The molecule has 1 N–H and O–H groups in total. The number of alkyl halides is 1. The molecule has 1 aromatic carbocycles. The number of hydrogen-bond acceptors (Lipinski definition) is 1. The third-order valence-corrected chi connectivity index (χ3v) is 2.39. The van der Waals surface area contributed by atoms with E-state index in [1.807, 2.05) is 12.2 Å². The molecule has 1 nitrogen and oxygen atoms in total. The lowest BCUT2D eigenvalue weighted by Crippen LogP contribution is -1.76. The summed E-state index contributed by atoms with van der Waals surface area (Å²) in [4.78, 5) is 0. The third-order valence-electron chi connectivity index (χ3n) is 1.44. The standard InChI is InChI=1S/C9H7BrCl2O/c10-3-1-2-6-4-7(11)9(13)8(12)5-6/h1-2,4-5,13H,3H2. The highest BCUT2D eigenvalue weighted by Gasteiger charge is 2.04. The molecule has 0 amide bonds. The predicted molar refractivity (Wildman–Crippen MR) is 61.0 cm³/mol. The Hall–Kier alpha value is -0.180. The van der Waals surface area contributed by atoms with Crippen LogP contribution in [0.25, 0.3) is 6.08 Å². The highest BCUT2D eigenvalue weighted by atomic mass is 79.9. The Bertz CT molecular complexity index is 313. The minimum atomic E-state index is -0.0701. The monoisotopic (exact) mass is 280 g/mol. The lowest BCUT2D eigenvalue weighted by Gasteiger charge is -2.01. The maximum absolute atomic E-state index is 9.26. The van der Waals surface area contributed by atoms with Crippen molar-refractivity contribution in [2.75, 3.05) is 5.33 Å². The predicted octanol–water partition coefficient (Wildman–Crippen LogP) is 4.11. The van der Waals surface area contributed by atoms with Crippen molar-refractivity contribution in [2.45, 2.75) is 0 Å². The molecule has 1 rings (SSSR count). The van der Waals surface area contributed by atoms with E-state index in [4.69, 9.17) is 23.2 Å². The first-order chi connectivity index (χ1) is 6.15. The van der Waals surface area contributed by atoms with Crippen LogP contribution >= 0.6 is 39.1 Å². The fourth-order valence-corrected chi connectivity index (χ4v) is 1.55. The Balaban J connectivity index is 3.06. The number of allylic oxidation sites excluding steroid dienone is 1. The first-order valence-corrected chi connectivity index (χ1v) is 5.43. The van der Waals surface area contributed by atoms with Crippen molar-refractivity contribution < 1.29 is 5.11 Å². The highest BCUT2D eigenvalue weighted by Crippen LogP contribution is 2.32. The van der Waals surface area contributed by atoms with E-state index in [-0.39, 0.29) is 15.8 Å². The Morgan fingerprint density at radius 2 is 1.85 bits per heavy atom. The molecule has 0 unspecified atom stereocenters. The molecule has 0 aliphatic rings. The summed E-state index contributed by atoms with van der Waals surface area (Å²) in [7, 11) is 0. The summed E-state index contributed by atoms with van der Waals surface area (Å²) in [5.74, 6) is -0.0701. The second-order valence-corrected chi connectivity index (χ2v) is 3.85. The van der Waals surface area contributed by atoms with Crippen molar-refractivity contribution in [3.05, 3.63) is 33.8 Å². The summed E-state index contributed by atoms with van der Waals surface area (Å²) in [6.07, 6.45) is 3.78. The zero-order valence-corrected chi connectivity index (χ0v) is 9.70. The van der Waals surface area contributed by atoms with Crippen LogP contribution in [0.3, 0.4) is 0 Å². The zero-order chi connectivity index (χ0) is 9.84. The largest absolute Gasteiger partial charge is 0.505 e. The number of phenolic OH excluding ortho intramolecular Hbond substituents is 1. The molecule has 0 heterocycles. The molecule has 0 spiro atoms. The molecule has 0 aromatic heterocycles. The van der Waals surface area contributed by atoms with Crippen molar-refractivity contribution in [1.29, 1.82) is 0 Å². The van der Waals surface area contributed by atoms with Gasteiger partial charge in [0.25, 0.3) is 0 Å². The van der Waals surface area contributed by atoms with Gasteiger partial charge >= 0.3 is 0 Å². The van der Waals surface area contributed by atoms with Gasteiger partial charge in [0.2, 0.25) is 0 Å². The van der Waals surface area contributed by atoms with Gasteiger partial charge in [0.1, 0.15) is 0 Å². The quantitative estimate of drug-likeness (QED) is 0.809. The molecule has 0 atom stereocenters. The second-order valence-electron chi connectivity index (χ2n) is 2.39. The van der Waals surface area contributed by atoms with Crippen LogP contribution in [0.1, 0.15) is 5.56 Å². The van der Waals surface area contributed by atoms with Crippen LogP contribution in [-0.2, 0) is 0 Å². The minimum absolute atomic E-state index is 0.0701. The van der Waals surface area contributed by atoms with Crippen LogP contribution in [0.5, 0.6) is 5.75 Å². The topological polar surface area (TPSA) is 20.2 Å². The first-order valence-electron chi connectivity index (χ1n) is 3.55. The van der Waals surface area contributed by atoms with E-state index in [0.29, 0.717) is 0 Å². The number of hydrogen-bond donors (Lipinski definition) is 1. The Morgan fingerprint density at radius 3 is 2.31 bits per heavy atom. The molecule has 0 fully saturated rings. The molecule has 0 aliphatic carbocycles. The van der Waals surface area contributed by atoms with E-state index in [9.17, 15) is 5.11 Å². The Morgan fingerprint density at radius 1 is 1.31 bits per heavy atom. The van der Waals surface area contributed by atoms with Gasteiger partial charge in [-0.2, -0.15) is 0 Å². The van der Waals surface area contributed by atoms with Crippen LogP contribution in [0.4, 0.5) is 0 Å². The molecular weight excluding hydrogens is 275 g/mol. The van der Waals surface area contributed by atoms with E-state index >= 15 is 0 Å². The first kappa shape index (κ1) is 10.9. The maximum Gasteiger partial charge on any atom is 0.152 e. The molecule has 70 valence electrons. The summed E-state index contributed by atoms with van der Waals surface area (Å²) in [6, 6.07) is 3.31. The van der Waals surface area contributed by atoms with Gasteiger partial charge in [0.15, 0.2) is 5.75 Å². The maximum atomic E-state index is 9.26. The smallest absolute Gasteiger partial charge is 0.152 e. The summed E-state index contributed by atoms with van der Waals surface area (Å²) >= 11 is 14.7. The molecule has 1 aromatic rings. The van der Waals surface area contributed by atoms with Crippen molar-refractivity contribution in [3.63, 3.8) is 0 Å². The van der Waals surface area contributed by atoms with Gasteiger partial charge in [-0.1, -0.05) is 51.3 Å². The van der Waals surface area contributed by atoms with E-state index in [1.54, 1.807) is 12.1 Å². The Labute approximate surface area is 95.1 Å². The number of phenols is 1. The summed E-state index contributed by atoms with van der Waals surface area (Å²) in [6.45, 7) is 0. The fraction of sp³-hybridized carbons (Fsp3) is 0.111. The van der Waals surface area contributed by atoms with Crippen molar-refractivity contribution in [2.24, 2.45) is 0 Å². The second kappa shape index (κ2) is 4.89. The van der Waals surface area contributed by atoms with Crippen LogP contribution in [-0.4, -0.2) is 10.4 Å². The summed E-state index contributed by atoms with van der Waals surface area (Å²) in [5.41, 5.74) is 0.868. The van der Waals surface area contributed by atoms with Crippen molar-refractivity contribution >= 4 is 45.2 Å². The normalized spacial score (nSPS) is 11.0. The van der Waals surface area contributed by atoms with E-state index in [0.717, 1.165) is 10.9 Å². The van der Waals surface area contributed by atoms with Crippen molar-refractivity contribution in [3.8, 4) is 5.75 Å². The third kappa shape index (κ3) is 2.90. The zero-order valence-electron chi connectivity index (χ0n) is 6.60. The van der Waals surface area contributed by atoms with Gasteiger partial charge in [0.05, 0.1) is 10.0 Å². The van der Waals surface area contributed by atoms with Crippen LogP contribution in [0.15, 0.2) is 18.2 Å². The SMILES string of the molecule is Oc1c(Cl)cc(C=CCBr)cc1Cl. The molecule has 13 heavy (non-hydrogen) atoms. The van der Waals surface area contributed by atoms with Gasteiger partial charge in [-0.15, -0.1) is 0 Å². The van der Waals surface area contributed by atoms with Gasteiger partial charge in [-0.05, 0) is 17.7 Å². The molecule has 0 saturated carbocycles. The van der Waals surface area contributed by atoms with Crippen LogP contribution in [0.2, 0.25) is 10.0 Å².